The molecule has 0 saturated carbocycles. The summed E-state index contributed by atoms with van der Waals surface area (Å²) in [6.07, 6.45) is 0. The van der Waals surface area contributed by atoms with E-state index in [2.05, 4.69) is 10.2 Å². The standard InChI is InChI=1S/C22H15Cl3FN3O/c1-13-10-17(7-8-18(13)24)30-12-21-27-28-22(14-2-4-15(23)5-3-14)29(21)16-6-9-20(26)19(25)11-16/h2-11H,12H2,1H3. The molecule has 152 valence electrons. The molecule has 0 aliphatic rings. The molecule has 0 saturated heterocycles. The molecule has 0 N–H and O–H groups in total. The number of halogens is 4. The van der Waals surface area contributed by atoms with Crippen molar-refractivity contribution in [2.45, 2.75) is 13.5 Å². The van der Waals surface area contributed by atoms with Gasteiger partial charge in [0.2, 0.25) is 0 Å². The summed E-state index contributed by atoms with van der Waals surface area (Å²) >= 11 is 18.1. The van der Waals surface area contributed by atoms with Crippen LogP contribution in [0.3, 0.4) is 0 Å². The van der Waals surface area contributed by atoms with Gasteiger partial charge in [-0.3, -0.25) is 4.57 Å². The first kappa shape index (κ1) is 20.7. The van der Waals surface area contributed by atoms with Gasteiger partial charge in [-0.05, 0) is 73.2 Å². The van der Waals surface area contributed by atoms with Crippen LogP contribution in [0.1, 0.15) is 11.4 Å². The van der Waals surface area contributed by atoms with Crippen LogP contribution in [0, 0.1) is 12.7 Å². The van der Waals surface area contributed by atoms with E-state index in [1.54, 1.807) is 34.9 Å². The number of benzene rings is 3. The van der Waals surface area contributed by atoms with Gasteiger partial charge in [-0.2, -0.15) is 0 Å². The Morgan fingerprint density at radius 1 is 0.900 bits per heavy atom. The Bertz CT molecular complexity index is 1210. The predicted octanol–water partition coefficient (Wildman–Crippen LogP) is 6.92. The van der Waals surface area contributed by atoms with Gasteiger partial charge in [0.15, 0.2) is 11.6 Å². The van der Waals surface area contributed by atoms with Crippen molar-refractivity contribution in [3.8, 4) is 22.8 Å². The molecule has 0 aliphatic carbocycles. The molecular formula is C22H15Cl3FN3O. The highest BCUT2D eigenvalue weighted by molar-refractivity contribution is 6.31. The van der Waals surface area contributed by atoms with E-state index in [0.29, 0.717) is 33.1 Å². The van der Waals surface area contributed by atoms with E-state index in [9.17, 15) is 4.39 Å². The van der Waals surface area contributed by atoms with Crippen LogP contribution >= 0.6 is 34.8 Å². The number of hydrogen-bond donors (Lipinski definition) is 0. The Labute approximate surface area is 187 Å². The lowest BCUT2D eigenvalue weighted by molar-refractivity contribution is 0.293. The average Bonchev–Trinajstić information content (AvgIpc) is 3.15. The molecule has 0 radical (unpaired) electrons. The minimum atomic E-state index is -0.504. The molecular weight excluding hydrogens is 448 g/mol. The van der Waals surface area contributed by atoms with Crippen molar-refractivity contribution >= 4 is 34.8 Å². The van der Waals surface area contributed by atoms with Gasteiger partial charge in [0.25, 0.3) is 0 Å². The van der Waals surface area contributed by atoms with Gasteiger partial charge < -0.3 is 4.74 Å². The van der Waals surface area contributed by atoms with Gasteiger partial charge >= 0.3 is 0 Å². The van der Waals surface area contributed by atoms with Crippen molar-refractivity contribution in [3.05, 3.63) is 92.9 Å². The number of rotatable bonds is 5. The molecule has 4 aromatic rings. The summed E-state index contributed by atoms with van der Waals surface area (Å²) in [5.41, 5.74) is 2.31. The Kier molecular flexibility index (Phi) is 5.95. The fourth-order valence-electron chi connectivity index (χ4n) is 2.95. The van der Waals surface area contributed by atoms with Crippen molar-refractivity contribution in [2.24, 2.45) is 0 Å². The van der Waals surface area contributed by atoms with Crippen LogP contribution in [-0.2, 0) is 6.61 Å². The largest absolute Gasteiger partial charge is 0.486 e. The normalized spacial score (nSPS) is 11.0. The maximum atomic E-state index is 13.7. The zero-order valence-corrected chi connectivity index (χ0v) is 18.0. The highest BCUT2D eigenvalue weighted by atomic mass is 35.5. The third kappa shape index (κ3) is 4.29. The summed E-state index contributed by atoms with van der Waals surface area (Å²) in [7, 11) is 0. The third-order valence-electron chi connectivity index (χ3n) is 4.49. The molecule has 0 unspecified atom stereocenters. The Hall–Kier alpha value is -2.60. The first-order valence-corrected chi connectivity index (χ1v) is 10.1. The van der Waals surface area contributed by atoms with E-state index >= 15 is 0 Å². The van der Waals surface area contributed by atoms with Crippen LogP contribution in [0.4, 0.5) is 4.39 Å². The van der Waals surface area contributed by atoms with E-state index in [1.807, 2.05) is 25.1 Å². The number of aromatic nitrogens is 3. The van der Waals surface area contributed by atoms with Crippen LogP contribution < -0.4 is 4.74 Å². The molecule has 4 rings (SSSR count). The molecule has 0 spiro atoms. The number of hydrogen-bond acceptors (Lipinski definition) is 3. The second-order valence-corrected chi connectivity index (χ2v) is 7.83. The van der Waals surface area contributed by atoms with Crippen LogP contribution in [0.25, 0.3) is 17.1 Å². The quantitative estimate of drug-likeness (QED) is 0.323. The minimum absolute atomic E-state index is 0.00319. The van der Waals surface area contributed by atoms with Crippen LogP contribution in [0.2, 0.25) is 15.1 Å². The zero-order valence-electron chi connectivity index (χ0n) is 15.7. The summed E-state index contributed by atoms with van der Waals surface area (Å²) in [4.78, 5) is 0. The molecule has 0 amide bonds. The van der Waals surface area contributed by atoms with Gasteiger partial charge in [-0.25, -0.2) is 4.39 Å². The number of aryl methyl sites for hydroxylation is 1. The van der Waals surface area contributed by atoms with Gasteiger partial charge in [-0.1, -0.05) is 34.8 Å². The number of nitrogens with zero attached hydrogens (tertiary/aromatic N) is 3. The molecule has 30 heavy (non-hydrogen) atoms. The van der Waals surface area contributed by atoms with Gasteiger partial charge in [0.1, 0.15) is 18.2 Å². The van der Waals surface area contributed by atoms with Crippen LogP contribution in [0.15, 0.2) is 60.7 Å². The fraction of sp³-hybridized carbons (Fsp3) is 0.0909. The lowest BCUT2D eigenvalue weighted by atomic mass is 10.2. The summed E-state index contributed by atoms with van der Waals surface area (Å²) in [6, 6.07) is 17.0. The van der Waals surface area contributed by atoms with Crippen molar-refractivity contribution in [1.29, 1.82) is 0 Å². The number of ether oxygens (including phenoxy) is 1. The first-order chi connectivity index (χ1) is 14.4. The summed E-state index contributed by atoms with van der Waals surface area (Å²) in [6.45, 7) is 2.04. The lowest BCUT2D eigenvalue weighted by Gasteiger charge is -2.13. The molecule has 0 aliphatic heterocycles. The molecule has 4 nitrogen and oxygen atoms in total. The SMILES string of the molecule is Cc1cc(OCc2nnc(-c3ccc(Cl)cc3)n2-c2ccc(F)c(Cl)c2)ccc1Cl. The Morgan fingerprint density at radius 3 is 2.37 bits per heavy atom. The summed E-state index contributed by atoms with van der Waals surface area (Å²) < 4.78 is 21.4. The Morgan fingerprint density at radius 2 is 1.67 bits per heavy atom. The fourth-order valence-corrected chi connectivity index (χ4v) is 3.36. The van der Waals surface area contributed by atoms with Crippen LogP contribution in [0.5, 0.6) is 5.75 Å². The molecule has 8 heteroatoms. The topological polar surface area (TPSA) is 39.9 Å². The Balaban J connectivity index is 1.75. The summed E-state index contributed by atoms with van der Waals surface area (Å²) in [5.74, 6) is 1.23. The van der Waals surface area contributed by atoms with E-state index in [-0.39, 0.29) is 11.6 Å². The zero-order chi connectivity index (χ0) is 21.3. The molecule has 0 bridgehead atoms. The predicted molar refractivity (Wildman–Crippen MR) is 117 cm³/mol. The van der Waals surface area contributed by atoms with Gasteiger partial charge in [0.05, 0.1) is 10.7 Å². The highest BCUT2D eigenvalue weighted by Gasteiger charge is 2.17. The smallest absolute Gasteiger partial charge is 0.175 e. The maximum Gasteiger partial charge on any atom is 0.175 e. The van der Waals surface area contributed by atoms with Gasteiger partial charge in [-0.15, -0.1) is 10.2 Å². The molecule has 1 aromatic heterocycles. The van der Waals surface area contributed by atoms with E-state index in [4.69, 9.17) is 39.5 Å². The van der Waals surface area contributed by atoms with Crippen molar-refractivity contribution in [2.75, 3.05) is 0 Å². The van der Waals surface area contributed by atoms with E-state index < -0.39 is 5.82 Å². The van der Waals surface area contributed by atoms with Crippen molar-refractivity contribution in [1.82, 2.24) is 14.8 Å². The average molecular weight is 463 g/mol. The van der Waals surface area contributed by atoms with E-state index in [0.717, 1.165) is 11.1 Å². The second-order valence-electron chi connectivity index (χ2n) is 6.58. The monoisotopic (exact) mass is 461 g/mol. The lowest BCUT2D eigenvalue weighted by Crippen LogP contribution is -2.07. The van der Waals surface area contributed by atoms with Crippen LogP contribution in [-0.4, -0.2) is 14.8 Å². The second kappa shape index (κ2) is 8.64. The first-order valence-electron chi connectivity index (χ1n) is 8.97. The maximum absolute atomic E-state index is 13.7. The molecule has 3 aromatic carbocycles. The van der Waals surface area contributed by atoms with E-state index in [1.165, 1.54) is 12.1 Å². The van der Waals surface area contributed by atoms with Crippen molar-refractivity contribution in [3.63, 3.8) is 0 Å². The van der Waals surface area contributed by atoms with Gasteiger partial charge in [0, 0.05) is 15.6 Å². The minimum Gasteiger partial charge on any atom is -0.486 e. The highest BCUT2D eigenvalue weighted by Crippen LogP contribution is 2.28. The molecule has 1 heterocycles. The van der Waals surface area contributed by atoms with Crippen molar-refractivity contribution < 1.29 is 9.13 Å². The third-order valence-corrected chi connectivity index (χ3v) is 5.46. The molecule has 0 atom stereocenters. The molecule has 0 fully saturated rings. The summed E-state index contributed by atoms with van der Waals surface area (Å²) in [5, 5.41) is 9.89.